The van der Waals surface area contributed by atoms with Gasteiger partial charge in [0.05, 0.1) is 6.20 Å². The largest absolute Gasteiger partial charge is 0.465 e. The molecule has 0 unspecified atom stereocenters. The van der Waals surface area contributed by atoms with Gasteiger partial charge in [0.25, 0.3) is 0 Å². The lowest BCUT2D eigenvalue weighted by molar-refractivity contribution is 0.00815. The van der Waals surface area contributed by atoms with Crippen molar-refractivity contribution in [1.29, 1.82) is 0 Å². The number of benzene rings is 1. The molecule has 1 spiro atoms. The van der Waals surface area contributed by atoms with E-state index in [0.29, 0.717) is 17.9 Å². The molecule has 1 amide bonds. The highest BCUT2D eigenvalue weighted by Crippen LogP contribution is 2.48. The van der Waals surface area contributed by atoms with E-state index in [1.165, 1.54) is 18.4 Å². The van der Waals surface area contributed by atoms with Gasteiger partial charge in [0.2, 0.25) is 5.89 Å². The van der Waals surface area contributed by atoms with Crippen molar-refractivity contribution in [3.63, 3.8) is 0 Å². The van der Waals surface area contributed by atoms with Crippen LogP contribution in [0.4, 0.5) is 4.79 Å². The minimum absolute atomic E-state index is 0.261. The smallest absolute Gasteiger partial charge is 0.407 e. The minimum Gasteiger partial charge on any atom is -0.465 e. The van der Waals surface area contributed by atoms with Gasteiger partial charge in [0.1, 0.15) is 6.26 Å². The number of oxazole rings is 1. The molecule has 3 fully saturated rings. The van der Waals surface area contributed by atoms with E-state index in [4.69, 9.17) is 9.52 Å². The van der Waals surface area contributed by atoms with Crippen LogP contribution < -0.4 is 0 Å². The summed E-state index contributed by atoms with van der Waals surface area (Å²) in [6, 6.07) is 9.12. The Morgan fingerprint density at radius 3 is 2.68 bits per heavy atom. The number of piperidine rings is 1. The minimum atomic E-state index is -0.764. The van der Waals surface area contributed by atoms with Crippen molar-refractivity contribution in [3.05, 3.63) is 42.3 Å². The van der Waals surface area contributed by atoms with E-state index in [1.54, 1.807) is 17.4 Å². The zero-order valence-electron chi connectivity index (χ0n) is 16.1. The van der Waals surface area contributed by atoms with Gasteiger partial charge in [-0.15, -0.1) is 0 Å². The summed E-state index contributed by atoms with van der Waals surface area (Å²) in [5.41, 5.74) is 2.73. The first kappa shape index (κ1) is 17.7. The van der Waals surface area contributed by atoms with E-state index >= 15 is 0 Å². The van der Waals surface area contributed by atoms with Gasteiger partial charge < -0.3 is 19.3 Å². The fourth-order valence-electron chi connectivity index (χ4n) is 5.65. The summed E-state index contributed by atoms with van der Waals surface area (Å²) in [5, 5.41) is 9.12. The fourth-order valence-corrected chi connectivity index (χ4v) is 5.65. The van der Waals surface area contributed by atoms with Crippen molar-refractivity contribution < 1.29 is 14.3 Å². The van der Waals surface area contributed by atoms with Gasteiger partial charge in [-0.3, -0.25) is 0 Å². The first-order valence-corrected chi connectivity index (χ1v) is 10.3. The number of hydrogen-bond acceptors (Lipinski definition) is 4. The van der Waals surface area contributed by atoms with Crippen molar-refractivity contribution in [3.8, 4) is 11.5 Å². The van der Waals surface area contributed by atoms with Gasteiger partial charge in [0, 0.05) is 30.1 Å². The highest BCUT2D eigenvalue weighted by atomic mass is 16.4. The maximum atomic E-state index is 11.1. The number of carboxylic acid groups (broad SMARTS) is 1. The zero-order chi connectivity index (χ0) is 19.1. The highest BCUT2D eigenvalue weighted by molar-refractivity contribution is 5.66. The topological polar surface area (TPSA) is 69.8 Å². The molecule has 1 N–H and O–H groups in total. The van der Waals surface area contributed by atoms with E-state index in [2.05, 4.69) is 34.1 Å². The Morgan fingerprint density at radius 1 is 1.18 bits per heavy atom. The molecular weight excluding hydrogens is 354 g/mol. The molecular formula is C22H27N3O3. The standard InChI is InChI=1S/C22H27N3O3/c26-21(27)25-14-22(15-25)8-5-17(13-22)24-10-6-16(7-11-24)18-3-1-2-4-19(18)20-23-9-12-28-20/h1-4,9,12,16-17H,5-8,10-11,13-15H2,(H,26,27)/t17-/m1/s1. The molecule has 148 valence electrons. The van der Waals surface area contributed by atoms with Crippen LogP contribution in [0.25, 0.3) is 11.5 Å². The maximum Gasteiger partial charge on any atom is 0.407 e. The number of carbonyl (C=O) groups is 1. The molecule has 1 aromatic carbocycles. The summed E-state index contributed by atoms with van der Waals surface area (Å²) < 4.78 is 5.55. The van der Waals surface area contributed by atoms with Crippen molar-refractivity contribution in [2.75, 3.05) is 26.2 Å². The van der Waals surface area contributed by atoms with Crippen LogP contribution in [-0.2, 0) is 0 Å². The summed E-state index contributed by atoms with van der Waals surface area (Å²) in [7, 11) is 0. The molecule has 1 saturated carbocycles. The maximum absolute atomic E-state index is 11.1. The summed E-state index contributed by atoms with van der Waals surface area (Å²) >= 11 is 0. The lowest BCUT2D eigenvalue weighted by Gasteiger charge is -2.47. The Hall–Kier alpha value is -2.34. The first-order valence-electron chi connectivity index (χ1n) is 10.3. The van der Waals surface area contributed by atoms with Gasteiger partial charge in [-0.25, -0.2) is 9.78 Å². The van der Waals surface area contributed by atoms with Crippen LogP contribution in [0.15, 0.2) is 41.1 Å². The normalized spacial score (nSPS) is 25.1. The van der Waals surface area contributed by atoms with Crippen LogP contribution in [0.1, 0.15) is 43.6 Å². The Kier molecular flexibility index (Phi) is 4.38. The third-order valence-electron chi connectivity index (χ3n) is 7.11. The van der Waals surface area contributed by atoms with Crippen LogP contribution in [-0.4, -0.2) is 58.2 Å². The Labute approximate surface area is 165 Å². The van der Waals surface area contributed by atoms with Crippen LogP contribution in [0, 0.1) is 5.41 Å². The van der Waals surface area contributed by atoms with Crippen LogP contribution in [0.3, 0.4) is 0 Å². The molecule has 5 rings (SSSR count). The second kappa shape index (κ2) is 6.92. The van der Waals surface area contributed by atoms with E-state index in [-0.39, 0.29) is 5.41 Å². The second-order valence-corrected chi connectivity index (χ2v) is 8.77. The Balaban J connectivity index is 1.21. The molecule has 1 aliphatic carbocycles. The Bertz CT molecular complexity index is 836. The summed E-state index contributed by atoms with van der Waals surface area (Å²) in [6.45, 7) is 3.71. The van der Waals surface area contributed by atoms with E-state index in [1.807, 2.05) is 0 Å². The molecule has 28 heavy (non-hydrogen) atoms. The molecule has 1 atom stereocenters. The zero-order valence-corrected chi connectivity index (χ0v) is 16.1. The van der Waals surface area contributed by atoms with Gasteiger partial charge >= 0.3 is 6.09 Å². The Morgan fingerprint density at radius 2 is 1.96 bits per heavy atom. The molecule has 3 aliphatic rings. The molecule has 2 saturated heterocycles. The van der Waals surface area contributed by atoms with Crippen LogP contribution >= 0.6 is 0 Å². The molecule has 0 radical (unpaired) electrons. The van der Waals surface area contributed by atoms with Crippen molar-refractivity contribution in [1.82, 2.24) is 14.8 Å². The van der Waals surface area contributed by atoms with Crippen molar-refractivity contribution in [2.24, 2.45) is 5.41 Å². The molecule has 0 bridgehead atoms. The molecule has 3 heterocycles. The molecule has 1 aromatic heterocycles. The van der Waals surface area contributed by atoms with E-state index in [9.17, 15) is 4.79 Å². The number of rotatable bonds is 3. The second-order valence-electron chi connectivity index (χ2n) is 8.77. The van der Waals surface area contributed by atoms with Crippen LogP contribution in [0.2, 0.25) is 0 Å². The molecule has 2 aliphatic heterocycles. The lowest BCUT2D eigenvalue weighted by Crippen LogP contribution is -2.57. The third kappa shape index (κ3) is 3.09. The van der Waals surface area contributed by atoms with Crippen molar-refractivity contribution in [2.45, 2.75) is 44.1 Å². The summed E-state index contributed by atoms with van der Waals surface area (Å²) in [4.78, 5) is 19.7. The van der Waals surface area contributed by atoms with Gasteiger partial charge in [-0.1, -0.05) is 18.2 Å². The van der Waals surface area contributed by atoms with Gasteiger partial charge in [0.15, 0.2) is 0 Å². The average Bonchev–Trinajstić information content (AvgIpc) is 3.37. The van der Waals surface area contributed by atoms with Gasteiger partial charge in [-0.2, -0.15) is 0 Å². The fraction of sp³-hybridized carbons (Fsp3) is 0.545. The van der Waals surface area contributed by atoms with Crippen LogP contribution in [0.5, 0.6) is 0 Å². The number of amides is 1. The number of hydrogen-bond donors (Lipinski definition) is 1. The number of nitrogens with zero attached hydrogens (tertiary/aromatic N) is 3. The lowest BCUT2D eigenvalue weighted by atomic mass is 9.78. The number of likely N-dealkylation sites (tertiary alicyclic amines) is 2. The number of aromatic nitrogens is 1. The predicted octanol–water partition coefficient (Wildman–Crippen LogP) is 4.05. The molecule has 6 nitrogen and oxygen atoms in total. The van der Waals surface area contributed by atoms with Gasteiger partial charge in [-0.05, 0) is 62.7 Å². The summed E-state index contributed by atoms with van der Waals surface area (Å²) in [5.74, 6) is 1.25. The quantitative estimate of drug-likeness (QED) is 0.868. The van der Waals surface area contributed by atoms with E-state index < -0.39 is 6.09 Å². The monoisotopic (exact) mass is 381 g/mol. The predicted molar refractivity (Wildman–Crippen MR) is 105 cm³/mol. The van der Waals surface area contributed by atoms with E-state index in [0.717, 1.165) is 51.0 Å². The average molecular weight is 381 g/mol. The SMILES string of the molecule is O=C(O)N1CC2(CC[C@@H](N3CCC(c4ccccc4-c4ncco4)CC3)C2)C1. The molecule has 2 aromatic rings. The molecule has 6 heteroatoms. The highest BCUT2D eigenvalue weighted by Gasteiger charge is 2.50. The first-order chi connectivity index (χ1) is 13.6. The van der Waals surface area contributed by atoms with Crippen molar-refractivity contribution >= 4 is 6.09 Å². The summed E-state index contributed by atoms with van der Waals surface area (Å²) in [6.07, 6.45) is 8.44. The third-order valence-corrected chi connectivity index (χ3v) is 7.11.